The van der Waals surface area contributed by atoms with E-state index >= 15 is 0 Å². The Labute approximate surface area is 123 Å². The van der Waals surface area contributed by atoms with Gasteiger partial charge in [0.15, 0.2) is 0 Å². The SMILES string of the molecule is Cc1cc([C@@H]2CCC(=NO)c3ccccc32)ccc1Cl. The van der Waals surface area contributed by atoms with Gasteiger partial charge in [-0.1, -0.05) is 53.2 Å². The zero-order chi connectivity index (χ0) is 14.1. The molecule has 2 aromatic carbocycles. The topological polar surface area (TPSA) is 32.6 Å². The lowest BCUT2D eigenvalue weighted by atomic mass is 9.78. The second-order valence-corrected chi connectivity index (χ2v) is 5.64. The summed E-state index contributed by atoms with van der Waals surface area (Å²) in [6, 6.07) is 14.4. The third-order valence-electron chi connectivity index (χ3n) is 4.02. The second-order valence-electron chi connectivity index (χ2n) is 5.23. The standard InChI is InChI=1S/C17H16ClNO/c1-11-10-12(6-8-16(11)18)13-7-9-17(19-20)15-5-3-2-4-14(13)15/h2-6,8,10,13,20H,7,9H2,1H3/t13-/m0/s1. The first-order valence-corrected chi connectivity index (χ1v) is 7.15. The molecular formula is C17H16ClNO. The highest BCUT2D eigenvalue weighted by atomic mass is 35.5. The van der Waals surface area contributed by atoms with E-state index in [0.29, 0.717) is 5.92 Å². The minimum absolute atomic E-state index is 0.340. The average Bonchev–Trinajstić information content (AvgIpc) is 2.49. The van der Waals surface area contributed by atoms with Gasteiger partial charge in [-0.15, -0.1) is 0 Å². The van der Waals surface area contributed by atoms with Crippen molar-refractivity contribution in [3.8, 4) is 0 Å². The summed E-state index contributed by atoms with van der Waals surface area (Å²) < 4.78 is 0. The van der Waals surface area contributed by atoms with Crippen LogP contribution < -0.4 is 0 Å². The predicted octanol–water partition coefficient (Wildman–Crippen LogP) is 4.75. The Balaban J connectivity index is 2.09. The normalized spacial score (nSPS) is 19.9. The Morgan fingerprint density at radius 1 is 1.20 bits per heavy atom. The van der Waals surface area contributed by atoms with Crippen LogP contribution in [-0.4, -0.2) is 10.9 Å². The summed E-state index contributed by atoms with van der Waals surface area (Å²) in [4.78, 5) is 0. The van der Waals surface area contributed by atoms with E-state index < -0.39 is 0 Å². The molecule has 0 spiro atoms. The molecule has 102 valence electrons. The summed E-state index contributed by atoms with van der Waals surface area (Å²) in [5.74, 6) is 0.340. The first-order valence-electron chi connectivity index (χ1n) is 6.77. The molecule has 0 aliphatic heterocycles. The number of nitrogens with zero attached hydrogens (tertiary/aromatic N) is 1. The van der Waals surface area contributed by atoms with Crippen molar-refractivity contribution < 1.29 is 5.21 Å². The maximum Gasteiger partial charge on any atom is 0.0871 e. The number of rotatable bonds is 1. The van der Waals surface area contributed by atoms with Gasteiger partial charge in [0, 0.05) is 16.5 Å². The van der Waals surface area contributed by atoms with Crippen molar-refractivity contribution in [1.29, 1.82) is 0 Å². The third kappa shape index (κ3) is 2.20. The lowest BCUT2D eigenvalue weighted by molar-refractivity contribution is 0.317. The molecule has 1 atom stereocenters. The van der Waals surface area contributed by atoms with Gasteiger partial charge in [-0.2, -0.15) is 0 Å². The van der Waals surface area contributed by atoms with Crippen LogP contribution in [0.3, 0.4) is 0 Å². The molecule has 0 bridgehead atoms. The lowest BCUT2D eigenvalue weighted by Gasteiger charge is -2.26. The van der Waals surface area contributed by atoms with Gasteiger partial charge in [-0.3, -0.25) is 0 Å². The van der Waals surface area contributed by atoms with E-state index in [2.05, 4.69) is 23.4 Å². The van der Waals surface area contributed by atoms with Gasteiger partial charge in [-0.05, 0) is 42.5 Å². The van der Waals surface area contributed by atoms with Gasteiger partial charge in [0.05, 0.1) is 5.71 Å². The quantitative estimate of drug-likeness (QED) is 0.595. The van der Waals surface area contributed by atoms with E-state index in [4.69, 9.17) is 16.8 Å². The zero-order valence-corrected chi connectivity index (χ0v) is 12.1. The summed E-state index contributed by atoms with van der Waals surface area (Å²) in [6.07, 6.45) is 1.75. The highest BCUT2D eigenvalue weighted by molar-refractivity contribution is 6.31. The molecule has 0 amide bonds. The van der Waals surface area contributed by atoms with Crippen molar-refractivity contribution in [3.05, 3.63) is 69.7 Å². The number of aryl methyl sites for hydroxylation is 1. The fourth-order valence-corrected chi connectivity index (χ4v) is 3.09. The molecule has 0 heterocycles. The van der Waals surface area contributed by atoms with Crippen LogP contribution in [0.4, 0.5) is 0 Å². The Morgan fingerprint density at radius 2 is 2.00 bits per heavy atom. The molecule has 0 radical (unpaired) electrons. The maximum absolute atomic E-state index is 9.15. The molecule has 3 rings (SSSR count). The highest BCUT2D eigenvalue weighted by Crippen LogP contribution is 2.37. The van der Waals surface area contributed by atoms with Gasteiger partial charge in [0.1, 0.15) is 0 Å². The number of hydrogen-bond acceptors (Lipinski definition) is 2. The first kappa shape index (κ1) is 13.2. The van der Waals surface area contributed by atoms with Crippen LogP contribution in [0.25, 0.3) is 0 Å². The molecule has 1 N–H and O–H groups in total. The van der Waals surface area contributed by atoms with E-state index in [1.165, 1.54) is 11.1 Å². The van der Waals surface area contributed by atoms with Crippen molar-refractivity contribution in [2.24, 2.45) is 5.16 Å². The molecule has 0 aromatic heterocycles. The molecule has 0 saturated carbocycles. The van der Waals surface area contributed by atoms with E-state index in [1.807, 2.05) is 31.2 Å². The van der Waals surface area contributed by atoms with Crippen molar-refractivity contribution >= 4 is 17.3 Å². The van der Waals surface area contributed by atoms with Crippen molar-refractivity contribution in [2.75, 3.05) is 0 Å². The number of hydrogen-bond donors (Lipinski definition) is 1. The molecule has 2 nitrogen and oxygen atoms in total. The van der Waals surface area contributed by atoms with Gasteiger partial charge in [0.2, 0.25) is 0 Å². The molecule has 20 heavy (non-hydrogen) atoms. The minimum Gasteiger partial charge on any atom is -0.411 e. The molecule has 1 aliphatic rings. The fraction of sp³-hybridized carbons (Fsp3) is 0.235. The van der Waals surface area contributed by atoms with E-state index in [-0.39, 0.29) is 0 Å². The van der Waals surface area contributed by atoms with E-state index in [0.717, 1.165) is 34.7 Å². The Kier molecular flexibility index (Phi) is 3.49. The Morgan fingerprint density at radius 3 is 2.75 bits per heavy atom. The van der Waals surface area contributed by atoms with Gasteiger partial charge in [0.25, 0.3) is 0 Å². The van der Waals surface area contributed by atoms with Crippen LogP contribution >= 0.6 is 11.6 Å². The number of oxime groups is 1. The van der Waals surface area contributed by atoms with Crippen LogP contribution in [0, 0.1) is 6.92 Å². The largest absolute Gasteiger partial charge is 0.411 e. The summed E-state index contributed by atoms with van der Waals surface area (Å²) in [5, 5.41) is 13.4. The van der Waals surface area contributed by atoms with Crippen LogP contribution in [0.1, 0.15) is 41.0 Å². The van der Waals surface area contributed by atoms with E-state index in [1.54, 1.807) is 0 Å². The average molecular weight is 286 g/mol. The summed E-state index contributed by atoms with van der Waals surface area (Å²) in [5.41, 5.74) is 5.44. The molecule has 2 aromatic rings. The number of fused-ring (bicyclic) bond motifs is 1. The van der Waals surface area contributed by atoms with Gasteiger partial charge >= 0.3 is 0 Å². The van der Waals surface area contributed by atoms with Crippen LogP contribution in [0.5, 0.6) is 0 Å². The minimum atomic E-state index is 0.340. The number of halogens is 1. The summed E-state index contributed by atoms with van der Waals surface area (Å²) in [7, 11) is 0. The molecule has 0 saturated heterocycles. The third-order valence-corrected chi connectivity index (χ3v) is 4.45. The zero-order valence-electron chi connectivity index (χ0n) is 11.3. The second kappa shape index (κ2) is 5.29. The Hall–Kier alpha value is -1.80. The van der Waals surface area contributed by atoms with Crippen molar-refractivity contribution in [3.63, 3.8) is 0 Å². The summed E-state index contributed by atoms with van der Waals surface area (Å²) in [6.45, 7) is 2.03. The number of benzene rings is 2. The smallest absolute Gasteiger partial charge is 0.0871 e. The first-order chi connectivity index (χ1) is 9.70. The molecule has 0 fully saturated rings. The maximum atomic E-state index is 9.15. The van der Waals surface area contributed by atoms with Crippen molar-refractivity contribution in [1.82, 2.24) is 0 Å². The van der Waals surface area contributed by atoms with Gasteiger partial charge < -0.3 is 5.21 Å². The summed E-state index contributed by atoms with van der Waals surface area (Å²) >= 11 is 6.11. The van der Waals surface area contributed by atoms with Gasteiger partial charge in [-0.25, -0.2) is 0 Å². The van der Waals surface area contributed by atoms with E-state index in [9.17, 15) is 0 Å². The highest BCUT2D eigenvalue weighted by Gasteiger charge is 2.25. The fourth-order valence-electron chi connectivity index (χ4n) is 2.97. The molecule has 0 unspecified atom stereocenters. The Bertz CT molecular complexity index is 678. The van der Waals surface area contributed by atoms with Crippen molar-refractivity contribution in [2.45, 2.75) is 25.7 Å². The molecular weight excluding hydrogens is 270 g/mol. The van der Waals surface area contributed by atoms with Crippen LogP contribution in [0.15, 0.2) is 47.6 Å². The van der Waals surface area contributed by atoms with Crippen LogP contribution in [-0.2, 0) is 0 Å². The lowest BCUT2D eigenvalue weighted by Crippen LogP contribution is -2.17. The van der Waals surface area contributed by atoms with Crippen LogP contribution in [0.2, 0.25) is 5.02 Å². The molecule has 1 aliphatic carbocycles. The predicted molar refractivity (Wildman–Crippen MR) is 82.0 cm³/mol. The molecule has 3 heteroatoms. The monoisotopic (exact) mass is 285 g/mol.